The summed E-state index contributed by atoms with van der Waals surface area (Å²) in [5.41, 5.74) is 3.05. The van der Waals surface area contributed by atoms with Gasteiger partial charge in [-0.05, 0) is 73.7 Å². The summed E-state index contributed by atoms with van der Waals surface area (Å²) in [6, 6.07) is 0. The van der Waals surface area contributed by atoms with Crippen LogP contribution in [0.5, 0.6) is 0 Å². The Labute approximate surface area is 168 Å². The van der Waals surface area contributed by atoms with Crippen molar-refractivity contribution in [3.63, 3.8) is 0 Å². The van der Waals surface area contributed by atoms with E-state index in [0.29, 0.717) is 6.61 Å². The summed E-state index contributed by atoms with van der Waals surface area (Å²) >= 11 is 0. The predicted molar refractivity (Wildman–Crippen MR) is 117 cm³/mol. The third-order valence-corrected chi connectivity index (χ3v) is 8.31. The number of aliphatic hydroxyl groups is 1. The van der Waals surface area contributed by atoms with Crippen LogP contribution in [0.15, 0.2) is 23.3 Å². The summed E-state index contributed by atoms with van der Waals surface area (Å²) in [6.07, 6.45) is 21.7. The molecular formula is C26H44O. The van der Waals surface area contributed by atoms with Crippen LogP contribution < -0.4 is 0 Å². The lowest BCUT2D eigenvalue weighted by atomic mass is 9.76. The molecule has 0 spiro atoms. The standard InChI is InChI=1S/C26H44O/c1-4-19(3)9-10-21-13-11-20(12-14-21)7-6-8-22(5-2)24-16-15-23(18-27)25-17-26(24)25/h5,15,19-21,24-27H,4,6-14,16-18H2,1-3H3. The Balaban J connectivity index is 1.34. The molecule has 4 unspecified atom stereocenters. The highest BCUT2D eigenvalue weighted by Gasteiger charge is 2.47. The van der Waals surface area contributed by atoms with E-state index in [-0.39, 0.29) is 0 Å². The molecule has 1 heteroatoms. The Morgan fingerprint density at radius 2 is 1.89 bits per heavy atom. The van der Waals surface area contributed by atoms with Crippen molar-refractivity contribution in [2.24, 2.45) is 35.5 Å². The van der Waals surface area contributed by atoms with Crippen LogP contribution in [-0.2, 0) is 0 Å². The average molecular weight is 373 g/mol. The topological polar surface area (TPSA) is 20.2 Å². The molecule has 0 saturated heterocycles. The maximum Gasteiger partial charge on any atom is 0.0644 e. The van der Waals surface area contributed by atoms with E-state index in [1.165, 1.54) is 82.6 Å². The lowest BCUT2D eigenvalue weighted by molar-refractivity contribution is 0.238. The summed E-state index contributed by atoms with van der Waals surface area (Å²) in [7, 11) is 0. The van der Waals surface area contributed by atoms with Crippen molar-refractivity contribution >= 4 is 0 Å². The second-order valence-electron chi connectivity index (χ2n) is 10.0. The minimum Gasteiger partial charge on any atom is -0.392 e. The fourth-order valence-electron chi connectivity index (χ4n) is 5.97. The first kappa shape index (κ1) is 21.2. The first-order valence-corrected chi connectivity index (χ1v) is 12.1. The first-order valence-electron chi connectivity index (χ1n) is 12.1. The molecule has 3 aliphatic carbocycles. The molecule has 0 heterocycles. The lowest BCUT2D eigenvalue weighted by Gasteiger charge is -2.29. The highest BCUT2D eigenvalue weighted by Crippen LogP contribution is 2.55. The fraction of sp³-hybridized carbons (Fsp3) is 0.846. The van der Waals surface area contributed by atoms with Gasteiger partial charge in [-0.2, -0.15) is 0 Å². The number of aliphatic hydroxyl groups excluding tert-OH is 1. The van der Waals surface area contributed by atoms with Crippen molar-refractivity contribution < 1.29 is 5.11 Å². The molecule has 27 heavy (non-hydrogen) atoms. The number of fused-ring (bicyclic) bond motifs is 1. The smallest absolute Gasteiger partial charge is 0.0644 e. The second-order valence-corrected chi connectivity index (χ2v) is 10.0. The molecule has 2 fully saturated rings. The van der Waals surface area contributed by atoms with Crippen LogP contribution in [0.3, 0.4) is 0 Å². The van der Waals surface area contributed by atoms with E-state index in [0.717, 1.165) is 35.5 Å². The summed E-state index contributed by atoms with van der Waals surface area (Å²) < 4.78 is 0. The molecule has 1 N–H and O–H groups in total. The number of rotatable bonds is 10. The van der Waals surface area contributed by atoms with Gasteiger partial charge in [-0.3, -0.25) is 0 Å². The van der Waals surface area contributed by atoms with E-state index in [9.17, 15) is 5.11 Å². The van der Waals surface area contributed by atoms with Crippen LogP contribution in [0.25, 0.3) is 0 Å². The lowest BCUT2D eigenvalue weighted by Crippen LogP contribution is -2.16. The molecule has 0 aromatic rings. The Hall–Kier alpha value is -0.560. The molecule has 4 atom stereocenters. The third kappa shape index (κ3) is 5.72. The van der Waals surface area contributed by atoms with Gasteiger partial charge in [-0.15, -0.1) is 0 Å². The van der Waals surface area contributed by atoms with Crippen LogP contribution in [0.1, 0.15) is 97.8 Å². The van der Waals surface area contributed by atoms with Crippen molar-refractivity contribution in [2.45, 2.75) is 97.8 Å². The summed E-state index contributed by atoms with van der Waals surface area (Å²) in [4.78, 5) is 0. The highest BCUT2D eigenvalue weighted by atomic mass is 16.3. The molecular weight excluding hydrogens is 328 g/mol. The van der Waals surface area contributed by atoms with E-state index in [2.05, 4.69) is 32.9 Å². The van der Waals surface area contributed by atoms with Crippen molar-refractivity contribution in [2.75, 3.05) is 6.61 Å². The SMILES string of the molecule is CC=C(CCCC1CCC(CCC(C)CC)CC1)C1CC=C(CO)C2CC12. The van der Waals surface area contributed by atoms with E-state index >= 15 is 0 Å². The Morgan fingerprint density at radius 1 is 1.19 bits per heavy atom. The predicted octanol–water partition coefficient (Wildman–Crippen LogP) is 7.31. The van der Waals surface area contributed by atoms with Crippen molar-refractivity contribution in [3.05, 3.63) is 23.3 Å². The summed E-state index contributed by atoms with van der Waals surface area (Å²) in [5, 5.41) is 9.46. The maximum atomic E-state index is 9.46. The van der Waals surface area contributed by atoms with Crippen LogP contribution in [-0.4, -0.2) is 11.7 Å². The van der Waals surface area contributed by atoms with Crippen molar-refractivity contribution in [3.8, 4) is 0 Å². The zero-order valence-corrected chi connectivity index (χ0v) is 18.3. The van der Waals surface area contributed by atoms with E-state index in [1.807, 2.05) is 0 Å². The molecule has 0 aromatic heterocycles. The zero-order valence-electron chi connectivity index (χ0n) is 18.3. The van der Waals surface area contributed by atoms with Gasteiger partial charge >= 0.3 is 0 Å². The van der Waals surface area contributed by atoms with Crippen LogP contribution >= 0.6 is 0 Å². The van der Waals surface area contributed by atoms with Crippen molar-refractivity contribution in [1.29, 1.82) is 0 Å². The minimum atomic E-state index is 0.291. The average Bonchev–Trinajstić information content (AvgIpc) is 3.51. The molecule has 0 aliphatic heterocycles. The van der Waals surface area contributed by atoms with Gasteiger partial charge in [-0.25, -0.2) is 0 Å². The fourth-order valence-corrected chi connectivity index (χ4v) is 5.97. The monoisotopic (exact) mass is 372 g/mol. The highest BCUT2D eigenvalue weighted by molar-refractivity contribution is 5.27. The van der Waals surface area contributed by atoms with E-state index in [4.69, 9.17) is 0 Å². The van der Waals surface area contributed by atoms with Gasteiger partial charge in [0.1, 0.15) is 0 Å². The molecule has 154 valence electrons. The van der Waals surface area contributed by atoms with E-state index < -0.39 is 0 Å². The third-order valence-electron chi connectivity index (χ3n) is 8.31. The van der Waals surface area contributed by atoms with Gasteiger partial charge in [0.2, 0.25) is 0 Å². The Kier molecular flexibility index (Phi) is 8.06. The number of hydrogen-bond acceptors (Lipinski definition) is 1. The van der Waals surface area contributed by atoms with Crippen LogP contribution in [0, 0.1) is 35.5 Å². The van der Waals surface area contributed by atoms with Gasteiger partial charge in [-0.1, -0.05) is 82.9 Å². The van der Waals surface area contributed by atoms with Gasteiger partial charge in [0.15, 0.2) is 0 Å². The van der Waals surface area contributed by atoms with Crippen molar-refractivity contribution in [1.82, 2.24) is 0 Å². The second kappa shape index (κ2) is 10.3. The summed E-state index contributed by atoms with van der Waals surface area (Å²) in [5.74, 6) is 5.31. The number of allylic oxidation sites excluding steroid dienone is 3. The number of hydrogen-bond donors (Lipinski definition) is 1. The quantitative estimate of drug-likeness (QED) is 0.398. The molecule has 0 aromatic carbocycles. The van der Waals surface area contributed by atoms with Gasteiger partial charge in [0.25, 0.3) is 0 Å². The molecule has 0 amide bonds. The van der Waals surface area contributed by atoms with Gasteiger partial charge < -0.3 is 5.11 Å². The Morgan fingerprint density at radius 3 is 2.52 bits per heavy atom. The van der Waals surface area contributed by atoms with Crippen LogP contribution in [0.4, 0.5) is 0 Å². The zero-order chi connectivity index (χ0) is 19.2. The molecule has 0 radical (unpaired) electrons. The molecule has 0 bridgehead atoms. The Bertz CT molecular complexity index is 508. The molecule has 3 aliphatic rings. The molecule has 2 saturated carbocycles. The normalized spacial score (nSPS) is 34.7. The maximum absolute atomic E-state index is 9.46. The minimum absolute atomic E-state index is 0.291. The van der Waals surface area contributed by atoms with E-state index in [1.54, 1.807) is 5.57 Å². The van der Waals surface area contributed by atoms with Gasteiger partial charge in [0.05, 0.1) is 6.61 Å². The van der Waals surface area contributed by atoms with Crippen LogP contribution in [0.2, 0.25) is 0 Å². The first-order chi connectivity index (χ1) is 13.2. The van der Waals surface area contributed by atoms with Gasteiger partial charge in [0, 0.05) is 0 Å². The molecule has 1 nitrogen and oxygen atoms in total. The molecule has 3 rings (SSSR count). The largest absolute Gasteiger partial charge is 0.392 e. The summed E-state index contributed by atoms with van der Waals surface area (Å²) in [6.45, 7) is 7.29.